The normalized spacial score (nSPS) is 20.2. The first-order chi connectivity index (χ1) is 17.7. The Morgan fingerprint density at radius 3 is 2.41 bits per heavy atom. The summed E-state index contributed by atoms with van der Waals surface area (Å²) in [5.74, 6) is 5.40. The van der Waals surface area contributed by atoms with E-state index in [1.165, 1.54) is 24.1 Å². The standard InChI is InChI=1S/C24H27N5O8/c1-5-9-25-19(32)14-35-21-17(13-30)37-23(29-12-8-18(26-16(4)31)27-24(29)34)22(21)36-15-20(33)28(10-6-2)11-7-3/h1-3,8,12,17,21-23,30H,9-11,13-15H2,4H3,(H,25,32)(H,26,27,31,34)/t17-,21-,22-,23-/m1/s1. The van der Waals surface area contributed by atoms with Crippen LogP contribution < -0.4 is 16.3 Å². The molecule has 0 spiro atoms. The van der Waals surface area contributed by atoms with Gasteiger partial charge in [0.1, 0.15) is 37.3 Å². The van der Waals surface area contributed by atoms with Crippen molar-refractivity contribution < 1.29 is 33.7 Å². The predicted molar refractivity (Wildman–Crippen MR) is 129 cm³/mol. The highest BCUT2D eigenvalue weighted by Gasteiger charge is 2.48. The van der Waals surface area contributed by atoms with E-state index in [4.69, 9.17) is 33.5 Å². The summed E-state index contributed by atoms with van der Waals surface area (Å²) in [5, 5.41) is 14.7. The van der Waals surface area contributed by atoms with Gasteiger partial charge in [0, 0.05) is 13.1 Å². The van der Waals surface area contributed by atoms with E-state index in [0.717, 1.165) is 4.57 Å². The Kier molecular flexibility index (Phi) is 11.3. The molecule has 0 bridgehead atoms. The van der Waals surface area contributed by atoms with Crippen LogP contribution in [0.4, 0.5) is 5.82 Å². The molecule has 1 saturated heterocycles. The van der Waals surface area contributed by atoms with E-state index in [2.05, 4.69) is 33.4 Å². The van der Waals surface area contributed by atoms with Gasteiger partial charge >= 0.3 is 5.69 Å². The molecule has 196 valence electrons. The maximum absolute atomic E-state index is 12.7. The van der Waals surface area contributed by atoms with E-state index >= 15 is 0 Å². The summed E-state index contributed by atoms with van der Waals surface area (Å²) in [6, 6.07) is 1.35. The number of hydrogen-bond acceptors (Lipinski definition) is 9. The average molecular weight is 514 g/mol. The molecule has 1 fully saturated rings. The lowest BCUT2D eigenvalue weighted by Gasteiger charge is -2.26. The molecule has 0 aliphatic carbocycles. The zero-order valence-electron chi connectivity index (χ0n) is 20.1. The highest BCUT2D eigenvalue weighted by atomic mass is 16.6. The monoisotopic (exact) mass is 513 g/mol. The molecule has 2 heterocycles. The van der Waals surface area contributed by atoms with Gasteiger partial charge in [0.2, 0.25) is 17.7 Å². The third-order valence-corrected chi connectivity index (χ3v) is 4.98. The van der Waals surface area contributed by atoms with Crippen LogP contribution in [0.5, 0.6) is 0 Å². The fourth-order valence-electron chi connectivity index (χ4n) is 3.40. The number of carbonyl (C=O) groups is 3. The third-order valence-electron chi connectivity index (χ3n) is 4.98. The molecule has 2 rings (SSSR count). The Hall–Kier alpha value is -4.19. The van der Waals surface area contributed by atoms with Crippen molar-refractivity contribution in [3.63, 3.8) is 0 Å². The van der Waals surface area contributed by atoms with Crippen molar-refractivity contribution in [3.8, 4) is 37.0 Å². The lowest BCUT2D eigenvalue weighted by Crippen LogP contribution is -2.44. The second-order valence-electron chi connectivity index (χ2n) is 7.62. The molecule has 13 heteroatoms. The van der Waals surface area contributed by atoms with Crippen molar-refractivity contribution in [1.82, 2.24) is 19.8 Å². The molecule has 3 N–H and O–H groups in total. The number of nitrogens with zero attached hydrogens (tertiary/aromatic N) is 3. The smallest absolute Gasteiger partial charge is 0.351 e. The minimum atomic E-state index is -1.22. The van der Waals surface area contributed by atoms with Gasteiger partial charge in [0.05, 0.1) is 26.2 Å². The Morgan fingerprint density at radius 2 is 1.84 bits per heavy atom. The predicted octanol–water partition coefficient (Wildman–Crippen LogP) is -2.29. The van der Waals surface area contributed by atoms with E-state index < -0.39 is 67.8 Å². The third kappa shape index (κ3) is 8.17. The molecule has 1 aromatic rings. The number of aliphatic hydroxyl groups excluding tert-OH is 1. The van der Waals surface area contributed by atoms with Crippen molar-refractivity contribution in [2.75, 3.05) is 44.8 Å². The lowest BCUT2D eigenvalue weighted by molar-refractivity contribution is -0.145. The topological polar surface area (TPSA) is 161 Å². The summed E-state index contributed by atoms with van der Waals surface area (Å²) in [6.45, 7) is -0.438. The minimum absolute atomic E-state index is 0.00953. The molecule has 1 aromatic heterocycles. The van der Waals surface area contributed by atoms with E-state index in [1.807, 2.05) is 0 Å². The van der Waals surface area contributed by atoms with Crippen molar-refractivity contribution in [1.29, 1.82) is 0 Å². The molecular formula is C24H27N5O8. The largest absolute Gasteiger partial charge is 0.394 e. The molecule has 1 aliphatic rings. The molecule has 0 radical (unpaired) electrons. The van der Waals surface area contributed by atoms with Crippen molar-refractivity contribution in [2.24, 2.45) is 0 Å². The molecule has 0 unspecified atom stereocenters. The summed E-state index contributed by atoms with van der Waals surface area (Å²) in [7, 11) is 0. The zero-order chi connectivity index (χ0) is 27.4. The van der Waals surface area contributed by atoms with E-state index in [9.17, 15) is 24.3 Å². The maximum Gasteiger partial charge on any atom is 0.351 e. The summed E-state index contributed by atoms with van der Waals surface area (Å²) in [6.07, 6.45) is 12.5. The highest BCUT2D eigenvalue weighted by Crippen LogP contribution is 2.33. The number of aliphatic hydroxyl groups is 1. The van der Waals surface area contributed by atoms with Gasteiger partial charge in [-0.05, 0) is 6.07 Å². The first-order valence-electron chi connectivity index (χ1n) is 11.0. The molecule has 3 amide bonds. The second kappa shape index (κ2) is 14.4. The number of ether oxygens (including phenoxy) is 3. The number of nitrogens with one attached hydrogen (secondary N) is 2. The summed E-state index contributed by atoms with van der Waals surface area (Å²) < 4.78 is 18.3. The van der Waals surface area contributed by atoms with Crippen LogP contribution in [-0.4, -0.2) is 95.0 Å². The number of hydrogen-bond donors (Lipinski definition) is 3. The SMILES string of the molecule is C#CCNC(=O)CO[C@H]1[C@@H](OCC(=O)N(CC#C)CC#C)[C@H](n2ccc(NC(C)=O)nc2=O)O[C@@H]1CO. The molecule has 0 saturated carbocycles. The van der Waals surface area contributed by atoms with Crippen LogP contribution in [0.3, 0.4) is 0 Å². The van der Waals surface area contributed by atoms with Crippen molar-refractivity contribution >= 4 is 23.5 Å². The Labute approximate surface area is 213 Å². The minimum Gasteiger partial charge on any atom is -0.394 e. The van der Waals surface area contributed by atoms with Crippen LogP contribution in [0.15, 0.2) is 17.1 Å². The van der Waals surface area contributed by atoms with Gasteiger partial charge in [-0.25, -0.2) is 4.79 Å². The summed E-state index contributed by atoms with van der Waals surface area (Å²) in [4.78, 5) is 53.7. The Morgan fingerprint density at radius 1 is 1.16 bits per heavy atom. The average Bonchev–Trinajstić information content (AvgIpc) is 3.21. The fraction of sp³-hybridized carbons (Fsp3) is 0.458. The van der Waals surface area contributed by atoms with E-state index in [-0.39, 0.29) is 25.5 Å². The van der Waals surface area contributed by atoms with Gasteiger partial charge in [0.15, 0.2) is 6.23 Å². The highest BCUT2D eigenvalue weighted by molar-refractivity contribution is 5.87. The fourth-order valence-corrected chi connectivity index (χ4v) is 3.40. The quantitative estimate of drug-likeness (QED) is 0.261. The molecule has 1 aliphatic heterocycles. The Bertz CT molecular complexity index is 1150. The van der Waals surface area contributed by atoms with Crippen LogP contribution in [0.25, 0.3) is 0 Å². The summed E-state index contributed by atoms with van der Waals surface area (Å²) in [5.41, 5.74) is -0.818. The number of aromatic nitrogens is 2. The van der Waals surface area contributed by atoms with Crippen molar-refractivity contribution in [3.05, 3.63) is 22.7 Å². The number of rotatable bonds is 12. The first kappa shape index (κ1) is 29.0. The number of anilines is 1. The molecule has 0 aromatic carbocycles. The van der Waals surface area contributed by atoms with Crippen molar-refractivity contribution in [2.45, 2.75) is 31.5 Å². The van der Waals surface area contributed by atoms with Crippen LogP contribution in [-0.2, 0) is 28.6 Å². The lowest BCUT2D eigenvalue weighted by atomic mass is 10.1. The van der Waals surface area contributed by atoms with Gasteiger partial charge in [-0.2, -0.15) is 4.98 Å². The maximum atomic E-state index is 12.7. The number of amides is 3. The van der Waals surface area contributed by atoms with Crippen LogP contribution >= 0.6 is 0 Å². The van der Waals surface area contributed by atoms with Gasteiger partial charge in [0.25, 0.3) is 0 Å². The van der Waals surface area contributed by atoms with Gasteiger partial charge < -0.3 is 34.9 Å². The summed E-state index contributed by atoms with van der Waals surface area (Å²) >= 11 is 0. The first-order valence-corrected chi connectivity index (χ1v) is 11.0. The van der Waals surface area contributed by atoms with Crippen LogP contribution in [0.2, 0.25) is 0 Å². The molecule has 13 nitrogen and oxygen atoms in total. The number of carbonyl (C=O) groups excluding carboxylic acids is 3. The van der Waals surface area contributed by atoms with Gasteiger partial charge in [-0.1, -0.05) is 17.8 Å². The van der Waals surface area contributed by atoms with Gasteiger partial charge in [-0.15, -0.1) is 19.3 Å². The molecule has 37 heavy (non-hydrogen) atoms. The second-order valence-corrected chi connectivity index (χ2v) is 7.62. The van der Waals surface area contributed by atoms with Crippen LogP contribution in [0, 0.1) is 37.0 Å². The Balaban J connectivity index is 2.33. The van der Waals surface area contributed by atoms with Gasteiger partial charge in [-0.3, -0.25) is 19.0 Å². The molecule has 4 atom stereocenters. The van der Waals surface area contributed by atoms with Crippen LogP contribution in [0.1, 0.15) is 13.2 Å². The number of terminal acetylenes is 3. The van der Waals surface area contributed by atoms with E-state index in [0.29, 0.717) is 0 Å². The zero-order valence-corrected chi connectivity index (χ0v) is 20.1. The molecular weight excluding hydrogens is 486 g/mol. The van der Waals surface area contributed by atoms with E-state index in [1.54, 1.807) is 0 Å².